The van der Waals surface area contributed by atoms with Crippen LogP contribution in [0.3, 0.4) is 0 Å². The van der Waals surface area contributed by atoms with Gasteiger partial charge in [-0.2, -0.15) is 0 Å². The van der Waals surface area contributed by atoms with E-state index in [0.29, 0.717) is 11.8 Å². The molecule has 2 rings (SSSR count). The van der Waals surface area contributed by atoms with Crippen LogP contribution in [-0.2, 0) is 17.9 Å². The molecule has 0 bridgehead atoms. The normalized spacial score (nSPS) is 15.9. The Hall–Kier alpha value is -0.840. The van der Waals surface area contributed by atoms with E-state index >= 15 is 0 Å². The Labute approximate surface area is 95.8 Å². The van der Waals surface area contributed by atoms with Crippen LogP contribution in [0.5, 0.6) is 0 Å². The molecule has 0 saturated heterocycles. The van der Waals surface area contributed by atoms with Crippen molar-refractivity contribution in [2.75, 3.05) is 20.3 Å². The fraction of sp³-hybridized carbons (Fsp3) is 0.667. The lowest BCUT2D eigenvalue weighted by molar-refractivity contribution is 0.133. The summed E-state index contributed by atoms with van der Waals surface area (Å²) >= 11 is 0. The molecule has 1 aliphatic rings. The Morgan fingerprint density at radius 1 is 1.44 bits per heavy atom. The van der Waals surface area contributed by atoms with Gasteiger partial charge >= 0.3 is 0 Å². The van der Waals surface area contributed by atoms with Crippen LogP contribution < -0.4 is 0 Å². The number of methoxy groups -OCH3 is 1. The van der Waals surface area contributed by atoms with Gasteiger partial charge in [-0.1, -0.05) is 0 Å². The lowest BCUT2D eigenvalue weighted by atomic mass is 10.3. The van der Waals surface area contributed by atoms with E-state index in [9.17, 15) is 0 Å². The van der Waals surface area contributed by atoms with Crippen LogP contribution in [0.25, 0.3) is 0 Å². The van der Waals surface area contributed by atoms with Gasteiger partial charge in [0.1, 0.15) is 18.1 Å². The van der Waals surface area contributed by atoms with Gasteiger partial charge in [-0.25, -0.2) is 0 Å². The Kier molecular flexibility index (Phi) is 3.98. The Balaban J connectivity index is 1.88. The van der Waals surface area contributed by atoms with Gasteiger partial charge < -0.3 is 14.3 Å². The molecule has 0 aromatic carbocycles. The van der Waals surface area contributed by atoms with E-state index in [0.717, 1.165) is 25.5 Å². The zero-order chi connectivity index (χ0) is 11.4. The van der Waals surface area contributed by atoms with Crippen molar-refractivity contribution in [2.24, 2.45) is 0 Å². The molecule has 1 aliphatic carbocycles. The van der Waals surface area contributed by atoms with Crippen molar-refractivity contribution in [3.8, 4) is 0 Å². The second kappa shape index (κ2) is 5.48. The van der Waals surface area contributed by atoms with Crippen LogP contribution >= 0.6 is 0 Å². The first-order valence-electron chi connectivity index (χ1n) is 5.75. The number of ether oxygens (including phenoxy) is 1. The van der Waals surface area contributed by atoms with Crippen molar-refractivity contribution in [2.45, 2.75) is 32.0 Å². The topological polar surface area (TPSA) is 45.8 Å². The van der Waals surface area contributed by atoms with Crippen molar-refractivity contribution < 1.29 is 14.3 Å². The predicted octanol–water partition coefficient (Wildman–Crippen LogP) is 1.38. The molecule has 0 radical (unpaired) electrons. The standard InChI is InChI=1S/C12H19NO3/c1-15-7-6-13(10-2-3-10)8-11-4-5-12(9-14)16-11/h4-5,10,14H,2-3,6-9H2,1H3. The van der Waals surface area contributed by atoms with Crippen molar-refractivity contribution in [3.05, 3.63) is 23.7 Å². The molecule has 1 saturated carbocycles. The summed E-state index contributed by atoms with van der Waals surface area (Å²) in [4.78, 5) is 2.38. The lowest BCUT2D eigenvalue weighted by Crippen LogP contribution is -2.28. The minimum absolute atomic E-state index is 0.0263. The fourth-order valence-electron chi connectivity index (χ4n) is 1.83. The molecule has 0 atom stereocenters. The van der Waals surface area contributed by atoms with E-state index in [1.807, 2.05) is 12.1 Å². The quantitative estimate of drug-likeness (QED) is 0.761. The summed E-state index contributed by atoms with van der Waals surface area (Å²) in [6.07, 6.45) is 2.55. The summed E-state index contributed by atoms with van der Waals surface area (Å²) in [5.74, 6) is 1.56. The van der Waals surface area contributed by atoms with Gasteiger partial charge in [0, 0.05) is 19.7 Å². The van der Waals surface area contributed by atoms with Crippen LogP contribution in [0.1, 0.15) is 24.4 Å². The third-order valence-corrected chi connectivity index (χ3v) is 2.88. The van der Waals surface area contributed by atoms with E-state index in [1.165, 1.54) is 12.8 Å². The molecule has 1 N–H and O–H groups in total. The summed E-state index contributed by atoms with van der Waals surface area (Å²) < 4.78 is 10.6. The van der Waals surface area contributed by atoms with Crippen LogP contribution in [0.4, 0.5) is 0 Å². The van der Waals surface area contributed by atoms with Gasteiger partial charge in [0.15, 0.2) is 0 Å². The first kappa shape index (κ1) is 11.6. The molecular formula is C12H19NO3. The molecule has 90 valence electrons. The molecule has 1 heterocycles. The molecule has 0 spiro atoms. The Morgan fingerprint density at radius 3 is 2.75 bits per heavy atom. The van der Waals surface area contributed by atoms with Gasteiger partial charge in [0.25, 0.3) is 0 Å². The summed E-state index contributed by atoms with van der Waals surface area (Å²) in [7, 11) is 1.72. The maximum atomic E-state index is 8.92. The van der Waals surface area contributed by atoms with Gasteiger partial charge in [0.2, 0.25) is 0 Å². The highest BCUT2D eigenvalue weighted by atomic mass is 16.5. The van der Waals surface area contributed by atoms with Gasteiger partial charge in [-0.15, -0.1) is 0 Å². The van der Waals surface area contributed by atoms with Crippen LogP contribution in [-0.4, -0.2) is 36.3 Å². The average molecular weight is 225 g/mol. The molecule has 0 aliphatic heterocycles. The molecule has 1 aromatic heterocycles. The first-order valence-corrected chi connectivity index (χ1v) is 5.75. The van der Waals surface area contributed by atoms with Crippen LogP contribution in [0.15, 0.2) is 16.5 Å². The number of hydrogen-bond acceptors (Lipinski definition) is 4. The van der Waals surface area contributed by atoms with Crippen LogP contribution in [0.2, 0.25) is 0 Å². The minimum atomic E-state index is -0.0263. The zero-order valence-electron chi connectivity index (χ0n) is 9.69. The smallest absolute Gasteiger partial charge is 0.129 e. The molecule has 16 heavy (non-hydrogen) atoms. The van der Waals surface area contributed by atoms with Crippen molar-refractivity contribution in [3.63, 3.8) is 0 Å². The number of rotatable bonds is 7. The van der Waals surface area contributed by atoms with E-state index in [-0.39, 0.29) is 6.61 Å². The molecule has 1 aromatic rings. The monoisotopic (exact) mass is 225 g/mol. The zero-order valence-corrected chi connectivity index (χ0v) is 9.69. The third-order valence-electron chi connectivity index (χ3n) is 2.88. The second-order valence-electron chi connectivity index (χ2n) is 4.22. The highest BCUT2D eigenvalue weighted by molar-refractivity contribution is 5.07. The van der Waals surface area contributed by atoms with E-state index in [2.05, 4.69) is 4.90 Å². The van der Waals surface area contributed by atoms with Crippen LogP contribution in [0, 0.1) is 0 Å². The summed E-state index contributed by atoms with van der Waals surface area (Å²) in [5, 5.41) is 8.92. The maximum absolute atomic E-state index is 8.92. The molecular weight excluding hydrogens is 206 g/mol. The number of aliphatic hydroxyl groups excluding tert-OH is 1. The highest BCUT2D eigenvalue weighted by Crippen LogP contribution is 2.28. The second-order valence-corrected chi connectivity index (χ2v) is 4.22. The largest absolute Gasteiger partial charge is 0.462 e. The van der Waals surface area contributed by atoms with Gasteiger partial charge in [-0.3, -0.25) is 4.90 Å². The summed E-state index contributed by atoms with van der Waals surface area (Å²) in [5.41, 5.74) is 0. The lowest BCUT2D eigenvalue weighted by Gasteiger charge is -2.19. The van der Waals surface area contributed by atoms with E-state index in [4.69, 9.17) is 14.3 Å². The fourth-order valence-corrected chi connectivity index (χ4v) is 1.83. The Morgan fingerprint density at radius 2 is 2.19 bits per heavy atom. The molecule has 1 fully saturated rings. The average Bonchev–Trinajstić information content (AvgIpc) is 3.05. The van der Waals surface area contributed by atoms with E-state index in [1.54, 1.807) is 7.11 Å². The minimum Gasteiger partial charge on any atom is -0.462 e. The Bertz CT molecular complexity index is 320. The summed E-state index contributed by atoms with van der Waals surface area (Å²) in [6.45, 7) is 2.48. The third kappa shape index (κ3) is 3.07. The molecule has 4 heteroatoms. The SMILES string of the molecule is COCCN(Cc1ccc(CO)o1)C1CC1. The molecule has 0 amide bonds. The highest BCUT2D eigenvalue weighted by Gasteiger charge is 2.29. The summed E-state index contributed by atoms with van der Waals surface area (Å²) in [6, 6.07) is 4.46. The number of hydrogen-bond donors (Lipinski definition) is 1. The number of aliphatic hydroxyl groups is 1. The maximum Gasteiger partial charge on any atom is 0.129 e. The molecule has 0 unspecified atom stereocenters. The number of nitrogens with zero attached hydrogens (tertiary/aromatic N) is 1. The first-order chi connectivity index (χ1) is 7.83. The molecule has 4 nitrogen and oxygen atoms in total. The van der Waals surface area contributed by atoms with Crippen molar-refractivity contribution in [1.82, 2.24) is 4.90 Å². The number of furan rings is 1. The van der Waals surface area contributed by atoms with Crippen molar-refractivity contribution in [1.29, 1.82) is 0 Å². The van der Waals surface area contributed by atoms with E-state index < -0.39 is 0 Å². The van der Waals surface area contributed by atoms with Gasteiger partial charge in [0.05, 0.1) is 13.2 Å². The predicted molar refractivity (Wildman–Crippen MR) is 59.9 cm³/mol. The van der Waals surface area contributed by atoms with Gasteiger partial charge in [-0.05, 0) is 25.0 Å². The van der Waals surface area contributed by atoms with Crippen molar-refractivity contribution >= 4 is 0 Å².